The Morgan fingerprint density at radius 1 is 1.24 bits per heavy atom. The van der Waals surface area contributed by atoms with E-state index in [1.165, 1.54) is 0 Å². The van der Waals surface area contributed by atoms with Gasteiger partial charge in [0, 0.05) is 22.1 Å². The van der Waals surface area contributed by atoms with E-state index in [2.05, 4.69) is 26.6 Å². The Morgan fingerprint density at radius 2 is 1.95 bits per heavy atom. The molecule has 0 radical (unpaired) electrons. The molecule has 0 aromatic heterocycles. The number of nitrogens with one attached hydrogen (secondary N) is 2. The number of aryl methyl sites for hydroxylation is 1. The Bertz CT molecular complexity index is 704. The number of amides is 1. The standard InChI is InChI=1S/C15H15BrClN3O/c1-8-5-10(16)13(7-11(8)17)20-14-6-9(15(21)19-2)3-4-12(14)18/h3-7,20H,18H2,1-2H3,(H,19,21). The highest BCUT2D eigenvalue weighted by molar-refractivity contribution is 9.10. The highest BCUT2D eigenvalue weighted by atomic mass is 79.9. The van der Waals surface area contributed by atoms with Crippen LogP contribution in [0.4, 0.5) is 17.1 Å². The van der Waals surface area contributed by atoms with Gasteiger partial charge in [0.2, 0.25) is 0 Å². The lowest BCUT2D eigenvalue weighted by Gasteiger charge is -2.13. The number of halogens is 2. The number of rotatable bonds is 3. The van der Waals surface area contributed by atoms with Crippen molar-refractivity contribution in [2.24, 2.45) is 0 Å². The predicted molar refractivity (Wildman–Crippen MR) is 91.4 cm³/mol. The van der Waals surface area contributed by atoms with E-state index >= 15 is 0 Å². The quantitative estimate of drug-likeness (QED) is 0.715. The molecule has 2 aromatic carbocycles. The number of anilines is 3. The summed E-state index contributed by atoms with van der Waals surface area (Å²) in [5, 5.41) is 6.43. The smallest absolute Gasteiger partial charge is 0.251 e. The van der Waals surface area contributed by atoms with Crippen molar-refractivity contribution in [3.8, 4) is 0 Å². The van der Waals surface area contributed by atoms with Gasteiger partial charge in [-0.15, -0.1) is 0 Å². The molecule has 4 N–H and O–H groups in total. The lowest BCUT2D eigenvalue weighted by molar-refractivity contribution is 0.0963. The summed E-state index contributed by atoms with van der Waals surface area (Å²) in [6.45, 7) is 1.93. The minimum absolute atomic E-state index is 0.168. The minimum Gasteiger partial charge on any atom is -0.397 e. The van der Waals surface area contributed by atoms with Crippen LogP contribution in [0.1, 0.15) is 15.9 Å². The molecule has 0 aliphatic carbocycles. The van der Waals surface area contributed by atoms with Crippen LogP contribution in [0.5, 0.6) is 0 Å². The third-order valence-electron chi connectivity index (χ3n) is 3.06. The largest absolute Gasteiger partial charge is 0.397 e. The highest BCUT2D eigenvalue weighted by Gasteiger charge is 2.10. The number of nitrogen functional groups attached to an aromatic ring is 1. The van der Waals surface area contributed by atoms with E-state index in [4.69, 9.17) is 17.3 Å². The summed E-state index contributed by atoms with van der Waals surface area (Å²) in [4.78, 5) is 11.7. The van der Waals surface area contributed by atoms with Crippen molar-refractivity contribution in [2.45, 2.75) is 6.92 Å². The van der Waals surface area contributed by atoms with Crippen LogP contribution in [0.25, 0.3) is 0 Å². The Balaban J connectivity index is 2.39. The molecular formula is C15H15BrClN3O. The zero-order chi connectivity index (χ0) is 15.6. The highest BCUT2D eigenvalue weighted by Crippen LogP contribution is 2.33. The summed E-state index contributed by atoms with van der Waals surface area (Å²) >= 11 is 9.62. The topological polar surface area (TPSA) is 67.2 Å². The van der Waals surface area contributed by atoms with Crippen molar-refractivity contribution >= 4 is 50.5 Å². The van der Waals surface area contributed by atoms with E-state index in [1.54, 1.807) is 25.2 Å². The molecule has 0 saturated carbocycles. The maximum absolute atomic E-state index is 11.7. The van der Waals surface area contributed by atoms with Gasteiger partial charge < -0.3 is 16.4 Å². The molecule has 0 spiro atoms. The summed E-state index contributed by atoms with van der Waals surface area (Å²) in [6.07, 6.45) is 0. The zero-order valence-corrected chi connectivity index (χ0v) is 14.0. The molecule has 0 unspecified atom stereocenters. The molecule has 0 fully saturated rings. The Hall–Kier alpha value is -1.72. The number of carbonyl (C=O) groups excluding carboxylic acids is 1. The molecule has 21 heavy (non-hydrogen) atoms. The van der Waals surface area contributed by atoms with E-state index in [0.717, 1.165) is 15.7 Å². The van der Waals surface area contributed by atoms with E-state index < -0.39 is 0 Å². The molecule has 2 rings (SSSR count). The summed E-state index contributed by atoms with van der Waals surface area (Å²) in [5.41, 5.74) is 9.44. The Morgan fingerprint density at radius 3 is 2.62 bits per heavy atom. The second-order valence-electron chi connectivity index (χ2n) is 4.59. The normalized spacial score (nSPS) is 10.3. The first kappa shape index (κ1) is 15.7. The average molecular weight is 369 g/mol. The summed E-state index contributed by atoms with van der Waals surface area (Å²) < 4.78 is 0.870. The fourth-order valence-corrected chi connectivity index (χ4v) is 2.56. The van der Waals surface area contributed by atoms with Gasteiger partial charge in [-0.1, -0.05) is 11.6 Å². The van der Waals surface area contributed by atoms with Crippen LogP contribution >= 0.6 is 27.5 Å². The molecule has 0 aliphatic rings. The van der Waals surface area contributed by atoms with Gasteiger partial charge in [-0.3, -0.25) is 4.79 Å². The van der Waals surface area contributed by atoms with Crippen molar-refractivity contribution in [2.75, 3.05) is 18.1 Å². The van der Waals surface area contributed by atoms with Crippen molar-refractivity contribution < 1.29 is 4.79 Å². The molecule has 4 nitrogen and oxygen atoms in total. The Labute approximate surface area is 136 Å². The van der Waals surface area contributed by atoms with Gasteiger partial charge in [-0.25, -0.2) is 0 Å². The number of nitrogens with two attached hydrogens (primary N) is 1. The van der Waals surface area contributed by atoms with Crippen LogP contribution in [0.2, 0.25) is 5.02 Å². The molecule has 110 valence electrons. The summed E-state index contributed by atoms with van der Waals surface area (Å²) in [5.74, 6) is -0.168. The first-order valence-corrected chi connectivity index (χ1v) is 7.43. The molecule has 0 atom stereocenters. The predicted octanol–water partition coefficient (Wildman–Crippen LogP) is 4.10. The van der Waals surface area contributed by atoms with Crippen LogP contribution < -0.4 is 16.4 Å². The number of hydrogen-bond acceptors (Lipinski definition) is 3. The second-order valence-corrected chi connectivity index (χ2v) is 5.85. The molecule has 6 heteroatoms. The number of hydrogen-bond donors (Lipinski definition) is 3. The van der Waals surface area contributed by atoms with Crippen LogP contribution in [0.3, 0.4) is 0 Å². The lowest BCUT2D eigenvalue weighted by Crippen LogP contribution is -2.18. The fourth-order valence-electron chi connectivity index (χ4n) is 1.84. The molecular weight excluding hydrogens is 354 g/mol. The van der Waals surface area contributed by atoms with E-state index in [9.17, 15) is 4.79 Å². The van der Waals surface area contributed by atoms with Gasteiger partial charge in [0.1, 0.15) is 0 Å². The van der Waals surface area contributed by atoms with Gasteiger partial charge >= 0.3 is 0 Å². The molecule has 1 amide bonds. The zero-order valence-electron chi connectivity index (χ0n) is 11.6. The maximum Gasteiger partial charge on any atom is 0.251 e. The maximum atomic E-state index is 11.7. The van der Waals surface area contributed by atoms with Gasteiger partial charge in [0.05, 0.1) is 17.1 Å². The number of benzene rings is 2. The first-order valence-electron chi connectivity index (χ1n) is 6.26. The van der Waals surface area contributed by atoms with E-state index in [-0.39, 0.29) is 5.91 Å². The molecule has 2 aromatic rings. The summed E-state index contributed by atoms with van der Waals surface area (Å²) in [6, 6.07) is 8.80. The lowest BCUT2D eigenvalue weighted by atomic mass is 10.1. The van der Waals surface area contributed by atoms with Crippen molar-refractivity contribution in [3.63, 3.8) is 0 Å². The van der Waals surface area contributed by atoms with Gasteiger partial charge in [0.15, 0.2) is 0 Å². The van der Waals surface area contributed by atoms with Crippen molar-refractivity contribution in [3.05, 3.63) is 51.0 Å². The molecule has 0 aliphatic heterocycles. The average Bonchev–Trinajstić information content (AvgIpc) is 2.46. The van der Waals surface area contributed by atoms with Gasteiger partial charge in [-0.2, -0.15) is 0 Å². The molecule has 0 bridgehead atoms. The third-order valence-corrected chi connectivity index (χ3v) is 4.12. The Kier molecular flexibility index (Phi) is 4.75. The van der Waals surface area contributed by atoms with Crippen LogP contribution in [0, 0.1) is 6.92 Å². The van der Waals surface area contributed by atoms with E-state index in [0.29, 0.717) is 22.0 Å². The van der Waals surface area contributed by atoms with Crippen molar-refractivity contribution in [1.29, 1.82) is 0 Å². The van der Waals surface area contributed by atoms with Crippen LogP contribution in [-0.2, 0) is 0 Å². The van der Waals surface area contributed by atoms with Crippen LogP contribution in [0.15, 0.2) is 34.8 Å². The third kappa shape index (κ3) is 3.49. The first-order chi connectivity index (χ1) is 9.92. The minimum atomic E-state index is -0.168. The second kappa shape index (κ2) is 6.37. The molecule has 0 saturated heterocycles. The SMILES string of the molecule is CNC(=O)c1ccc(N)c(Nc2cc(Cl)c(C)cc2Br)c1. The number of carbonyl (C=O) groups is 1. The fraction of sp³-hybridized carbons (Fsp3) is 0.133. The monoisotopic (exact) mass is 367 g/mol. The van der Waals surface area contributed by atoms with Gasteiger partial charge in [-0.05, 0) is 58.7 Å². The van der Waals surface area contributed by atoms with Crippen molar-refractivity contribution in [1.82, 2.24) is 5.32 Å². The van der Waals surface area contributed by atoms with Crippen LogP contribution in [-0.4, -0.2) is 13.0 Å². The molecule has 0 heterocycles. The van der Waals surface area contributed by atoms with Gasteiger partial charge in [0.25, 0.3) is 5.91 Å². The van der Waals surface area contributed by atoms with E-state index in [1.807, 2.05) is 19.1 Å². The summed E-state index contributed by atoms with van der Waals surface area (Å²) in [7, 11) is 1.59.